The molecule has 1 aliphatic heterocycles. The van der Waals surface area contributed by atoms with Crippen molar-refractivity contribution in [3.63, 3.8) is 0 Å². The van der Waals surface area contributed by atoms with Crippen LogP contribution in [0.3, 0.4) is 0 Å². The number of amides is 1. The van der Waals surface area contributed by atoms with E-state index in [9.17, 15) is 13.2 Å². The molecule has 6 nitrogen and oxygen atoms in total. The molecule has 1 heterocycles. The zero-order valence-corrected chi connectivity index (χ0v) is 13.0. The molecule has 0 bridgehead atoms. The Hall–Kier alpha value is -1.44. The Morgan fingerprint density at radius 2 is 2.14 bits per heavy atom. The molecule has 1 atom stereocenters. The fourth-order valence-electron chi connectivity index (χ4n) is 2.34. The van der Waals surface area contributed by atoms with Crippen LogP contribution in [0, 0.1) is 0 Å². The number of carbonyl (C=O) groups is 1. The van der Waals surface area contributed by atoms with E-state index in [4.69, 9.17) is 5.11 Å². The van der Waals surface area contributed by atoms with E-state index in [0.29, 0.717) is 13.1 Å². The van der Waals surface area contributed by atoms with E-state index >= 15 is 0 Å². The van der Waals surface area contributed by atoms with E-state index in [1.165, 1.54) is 6.92 Å². The van der Waals surface area contributed by atoms with Gasteiger partial charge in [0.15, 0.2) is 0 Å². The first-order valence-electron chi connectivity index (χ1n) is 6.84. The van der Waals surface area contributed by atoms with Crippen LogP contribution in [0.1, 0.15) is 25.0 Å². The second kappa shape index (κ2) is 6.13. The molecule has 1 aliphatic rings. The Kier molecular flexibility index (Phi) is 4.65. The first-order chi connectivity index (χ1) is 9.83. The van der Waals surface area contributed by atoms with Crippen LogP contribution in [0.5, 0.6) is 0 Å². The van der Waals surface area contributed by atoms with E-state index in [0.717, 1.165) is 17.5 Å². The lowest BCUT2D eigenvalue weighted by Crippen LogP contribution is -2.36. The van der Waals surface area contributed by atoms with Crippen molar-refractivity contribution in [3.05, 3.63) is 29.3 Å². The molecule has 0 unspecified atom stereocenters. The number of nitrogens with zero attached hydrogens (tertiary/aromatic N) is 1. The van der Waals surface area contributed by atoms with Crippen molar-refractivity contribution in [2.24, 2.45) is 0 Å². The molecule has 0 saturated carbocycles. The average Bonchev–Trinajstić information content (AvgIpc) is 2.45. The van der Waals surface area contributed by atoms with Gasteiger partial charge in [-0.05, 0) is 36.6 Å². The summed E-state index contributed by atoms with van der Waals surface area (Å²) in [4.78, 5) is 13.3. The van der Waals surface area contributed by atoms with Crippen LogP contribution in [0.15, 0.2) is 23.1 Å². The summed E-state index contributed by atoms with van der Waals surface area (Å²) >= 11 is 0. The van der Waals surface area contributed by atoms with Gasteiger partial charge >= 0.3 is 0 Å². The third-order valence-electron chi connectivity index (χ3n) is 3.58. The third-order valence-corrected chi connectivity index (χ3v) is 5.16. The molecule has 7 heteroatoms. The lowest BCUT2D eigenvalue weighted by Gasteiger charge is -2.28. The highest BCUT2D eigenvalue weighted by molar-refractivity contribution is 7.89. The van der Waals surface area contributed by atoms with E-state index < -0.39 is 16.1 Å². The molecule has 0 radical (unpaired) electrons. The molecule has 116 valence electrons. The van der Waals surface area contributed by atoms with Gasteiger partial charge in [-0.15, -0.1) is 0 Å². The number of rotatable bonds is 4. The quantitative estimate of drug-likeness (QED) is 0.834. The second-order valence-corrected chi connectivity index (χ2v) is 7.04. The molecule has 2 N–H and O–H groups in total. The summed E-state index contributed by atoms with van der Waals surface area (Å²) in [7, 11) is -3.66. The van der Waals surface area contributed by atoms with Crippen molar-refractivity contribution >= 4 is 15.9 Å². The minimum atomic E-state index is -3.66. The Morgan fingerprint density at radius 3 is 2.76 bits per heavy atom. The van der Waals surface area contributed by atoms with Gasteiger partial charge in [-0.1, -0.05) is 6.07 Å². The number of hydrogen-bond donors (Lipinski definition) is 2. The summed E-state index contributed by atoms with van der Waals surface area (Å²) in [6, 6.07) is 4.43. The van der Waals surface area contributed by atoms with Gasteiger partial charge in [0.25, 0.3) is 0 Å². The predicted molar refractivity (Wildman–Crippen MR) is 78.1 cm³/mol. The third kappa shape index (κ3) is 3.61. The first-order valence-corrected chi connectivity index (χ1v) is 8.32. The lowest BCUT2D eigenvalue weighted by molar-refractivity contribution is -0.129. The molecule has 0 saturated heterocycles. The number of aliphatic hydroxyl groups excluding tert-OH is 1. The lowest BCUT2D eigenvalue weighted by atomic mass is 10.00. The van der Waals surface area contributed by atoms with E-state index in [-0.39, 0.29) is 17.4 Å². The summed E-state index contributed by atoms with van der Waals surface area (Å²) in [6.45, 7) is 3.93. The Morgan fingerprint density at radius 1 is 1.43 bits per heavy atom. The molecule has 0 spiro atoms. The van der Waals surface area contributed by atoms with Crippen molar-refractivity contribution in [1.82, 2.24) is 9.62 Å². The summed E-state index contributed by atoms with van der Waals surface area (Å²) in [5.74, 6) is -0.0130. The largest absolute Gasteiger partial charge is 0.395 e. The van der Waals surface area contributed by atoms with Crippen molar-refractivity contribution in [2.75, 3.05) is 13.2 Å². The number of nitrogens with one attached hydrogen (secondary N) is 1. The molecule has 21 heavy (non-hydrogen) atoms. The molecular weight excluding hydrogens is 292 g/mol. The van der Waals surface area contributed by atoms with Gasteiger partial charge < -0.3 is 10.0 Å². The maximum Gasteiger partial charge on any atom is 0.240 e. The molecule has 0 aliphatic carbocycles. The van der Waals surface area contributed by atoms with Gasteiger partial charge in [0.2, 0.25) is 15.9 Å². The molecule has 1 aromatic rings. The number of aliphatic hydroxyl groups is 1. The topological polar surface area (TPSA) is 86.7 Å². The predicted octanol–water partition coefficient (Wildman–Crippen LogP) is 0.250. The molecule has 0 aromatic heterocycles. The summed E-state index contributed by atoms with van der Waals surface area (Å²) in [5.41, 5.74) is 1.93. The number of carbonyl (C=O) groups excluding carboxylic acids is 1. The van der Waals surface area contributed by atoms with Gasteiger partial charge in [-0.25, -0.2) is 13.1 Å². The van der Waals surface area contributed by atoms with E-state index in [1.54, 1.807) is 30.0 Å². The Labute approximate surface area is 124 Å². The molecular formula is C14H20N2O4S. The maximum absolute atomic E-state index is 12.2. The van der Waals surface area contributed by atoms with Crippen LogP contribution in [0.4, 0.5) is 0 Å². The highest BCUT2D eigenvalue weighted by Gasteiger charge is 2.22. The smallest absolute Gasteiger partial charge is 0.240 e. The second-order valence-electron chi connectivity index (χ2n) is 5.33. The van der Waals surface area contributed by atoms with Gasteiger partial charge in [-0.2, -0.15) is 0 Å². The zero-order valence-electron chi connectivity index (χ0n) is 12.2. The van der Waals surface area contributed by atoms with Crippen molar-refractivity contribution in [2.45, 2.75) is 37.8 Å². The van der Waals surface area contributed by atoms with Gasteiger partial charge in [-0.3, -0.25) is 4.79 Å². The summed E-state index contributed by atoms with van der Waals surface area (Å²) in [5, 5.41) is 8.96. The summed E-state index contributed by atoms with van der Waals surface area (Å²) in [6.07, 6.45) is 0.732. The first kappa shape index (κ1) is 15.9. The SMILES string of the molecule is CC(=O)N1CCc2ccc(S(=O)(=O)N[C@@H](C)CO)cc2C1. The van der Waals surface area contributed by atoms with Gasteiger partial charge in [0, 0.05) is 26.1 Å². The number of hydrogen-bond acceptors (Lipinski definition) is 4. The van der Waals surface area contributed by atoms with Crippen LogP contribution >= 0.6 is 0 Å². The van der Waals surface area contributed by atoms with Crippen LogP contribution < -0.4 is 4.72 Å². The van der Waals surface area contributed by atoms with Gasteiger partial charge in [0.1, 0.15) is 0 Å². The van der Waals surface area contributed by atoms with Crippen molar-refractivity contribution in [3.8, 4) is 0 Å². The van der Waals surface area contributed by atoms with E-state index in [1.807, 2.05) is 0 Å². The zero-order chi connectivity index (χ0) is 15.6. The Balaban J connectivity index is 2.28. The van der Waals surface area contributed by atoms with Crippen LogP contribution in [-0.4, -0.2) is 43.5 Å². The van der Waals surface area contributed by atoms with Gasteiger partial charge in [0.05, 0.1) is 11.5 Å². The fraction of sp³-hybridized carbons (Fsp3) is 0.500. The Bertz CT molecular complexity index is 642. The van der Waals surface area contributed by atoms with Crippen LogP contribution in [0.2, 0.25) is 0 Å². The summed E-state index contributed by atoms with van der Waals surface area (Å²) < 4.78 is 26.8. The standard InChI is InChI=1S/C14H20N2O4S/c1-10(9-17)15-21(19,20)14-4-3-12-5-6-16(11(2)18)8-13(12)7-14/h3-4,7,10,15,17H,5-6,8-9H2,1-2H3/t10-/m0/s1. The van der Waals surface area contributed by atoms with Crippen molar-refractivity contribution < 1.29 is 18.3 Å². The number of fused-ring (bicyclic) bond motifs is 1. The van der Waals surface area contributed by atoms with Crippen molar-refractivity contribution in [1.29, 1.82) is 0 Å². The highest BCUT2D eigenvalue weighted by atomic mass is 32.2. The highest BCUT2D eigenvalue weighted by Crippen LogP contribution is 2.22. The van der Waals surface area contributed by atoms with E-state index in [2.05, 4.69) is 4.72 Å². The monoisotopic (exact) mass is 312 g/mol. The number of sulfonamides is 1. The minimum absolute atomic E-state index is 0.0130. The minimum Gasteiger partial charge on any atom is -0.395 e. The number of benzene rings is 1. The maximum atomic E-state index is 12.2. The molecule has 1 aromatic carbocycles. The molecule has 1 amide bonds. The normalized spacial score (nSPS) is 16.4. The fourth-order valence-corrected chi connectivity index (χ4v) is 3.62. The molecule has 0 fully saturated rings. The molecule has 2 rings (SSSR count). The average molecular weight is 312 g/mol. The van der Waals surface area contributed by atoms with Crippen LogP contribution in [-0.2, 0) is 27.8 Å². The van der Waals surface area contributed by atoms with Crippen LogP contribution in [0.25, 0.3) is 0 Å².